The summed E-state index contributed by atoms with van der Waals surface area (Å²) in [5.41, 5.74) is 0.246. The van der Waals surface area contributed by atoms with Gasteiger partial charge in [-0.15, -0.1) is 0 Å². The van der Waals surface area contributed by atoms with Gasteiger partial charge in [-0.25, -0.2) is 25.3 Å². The molecule has 0 saturated carbocycles. The van der Waals surface area contributed by atoms with E-state index in [4.69, 9.17) is 0 Å². The van der Waals surface area contributed by atoms with Crippen molar-refractivity contribution in [3.63, 3.8) is 0 Å². The second-order valence-electron chi connectivity index (χ2n) is 9.75. The molecule has 2 heterocycles. The van der Waals surface area contributed by atoms with Gasteiger partial charge in [-0.05, 0) is 61.4 Å². The van der Waals surface area contributed by atoms with Crippen molar-refractivity contribution in [3.05, 3.63) is 84.9 Å². The summed E-state index contributed by atoms with van der Waals surface area (Å²) in [4.78, 5) is 13.7. The number of rotatable bonds is 8. The van der Waals surface area contributed by atoms with Crippen molar-refractivity contribution < 1.29 is 30.0 Å². The monoisotopic (exact) mass is 618 g/mol. The molecule has 1 atom stereocenters. The number of anilines is 1. The van der Waals surface area contributed by atoms with Crippen molar-refractivity contribution in [1.29, 1.82) is 0 Å². The lowest BCUT2D eigenvalue weighted by Gasteiger charge is -2.38. The van der Waals surface area contributed by atoms with Crippen LogP contribution in [-0.4, -0.2) is 82.8 Å². The van der Waals surface area contributed by atoms with Gasteiger partial charge < -0.3 is 5.32 Å². The molecule has 0 bridgehead atoms. The van der Waals surface area contributed by atoms with Crippen LogP contribution in [0.15, 0.2) is 99.6 Å². The molecule has 0 radical (unpaired) electrons. The van der Waals surface area contributed by atoms with Crippen LogP contribution in [0.5, 0.6) is 0 Å². The number of benzene rings is 3. The molecule has 2 fully saturated rings. The van der Waals surface area contributed by atoms with E-state index in [0.717, 1.165) is 21.5 Å². The fourth-order valence-electron chi connectivity index (χ4n) is 4.94. The second kappa shape index (κ2) is 11.6. The van der Waals surface area contributed by atoms with E-state index in [0.29, 0.717) is 13.1 Å². The Hall–Kier alpha value is -3.14. The highest BCUT2D eigenvalue weighted by molar-refractivity contribution is 7.90. The highest BCUT2D eigenvalue weighted by Crippen LogP contribution is 2.27. The minimum Gasteiger partial charge on any atom is -0.325 e. The first-order valence-electron chi connectivity index (χ1n) is 13.0. The first-order valence-corrected chi connectivity index (χ1v) is 17.4. The smallest absolute Gasteiger partial charge is 0.244 e. The number of carbonyl (C=O) groups is 1. The number of amides is 1. The molecule has 41 heavy (non-hydrogen) atoms. The molecule has 3 aromatic rings. The second-order valence-corrected chi connectivity index (χ2v) is 15.5. The molecule has 1 N–H and O–H groups in total. The standard InChI is InChI=1S/C27H30N4O7S3/c32-27(28-22-13-15-25(16-14-22)39(33,34)29-17-7-8-18-29)26-21-30(40(35,36)23-9-3-1-4-10-23)19-20-31(26)41(37,38)24-11-5-2-6-12-24/h1-6,9-16,26H,7-8,17-21H2,(H,28,32)/t26-/m1/s1. The van der Waals surface area contributed by atoms with Crippen LogP contribution in [-0.2, 0) is 34.9 Å². The van der Waals surface area contributed by atoms with Crippen molar-refractivity contribution >= 4 is 41.7 Å². The van der Waals surface area contributed by atoms with Crippen LogP contribution in [0.2, 0.25) is 0 Å². The van der Waals surface area contributed by atoms with Gasteiger partial charge >= 0.3 is 0 Å². The Morgan fingerprint density at radius 3 is 1.63 bits per heavy atom. The molecule has 2 aliphatic heterocycles. The number of piperazine rings is 1. The van der Waals surface area contributed by atoms with Crippen LogP contribution in [0.3, 0.4) is 0 Å². The van der Waals surface area contributed by atoms with Crippen LogP contribution in [0.1, 0.15) is 12.8 Å². The van der Waals surface area contributed by atoms with E-state index in [1.54, 1.807) is 36.4 Å². The third kappa shape index (κ3) is 5.94. The van der Waals surface area contributed by atoms with Crippen LogP contribution in [0, 0.1) is 0 Å². The maximum atomic E-state index is 13.6. The maximum Gasteiger partial charge on any atom is 0.244 e. The van der Waals surface area contributed by atoms with Crippen molar-refractivity contribution in [1.82, 2.24) is 12.9 Å². The molecule has 1 amide bonds. The average Bonchev–Trinajstić information content (AvgIpc) is 3.54. The van der Waals surface area contributed by atoms with Crippen LogP contribution in [0.25, 0.3) is 0 Å². The molecule has 5 rings (SSSR count). The number of hydrogen-bond donors (Lipinski definition) is 1. The highest BCUT2D eigenvalue weighted by Gasteiger charge is 2.43. The summed E-state index contributed by atoms with van der Waals surface area (Å²) in [6.45, 7) is 0.119. The van der Waals surface area contributed by atoms with Gasteiger partial charge in [0.2, 0.25) is 36.0 Å². The van der Waals surface area contributed by atoms with Crippen molar-refractivity contribution in [3.8, 4) is 0 Å². The van der Waals surface area contributed by atoms with E-state index >= 15 is 0 Å². The summed E-state index contributed by atoms with van der Waals surface area (Å²) < 4.78 is 83.1. The van der Waals surface area contributed by atoms with Gasteiger partial charge in [0.05, 0.1) is 14.7 Å². The molecule has 14 heteroatoms. The molecule has 0 unspecified atom stereocenters. The molecular formula is C27H30N4O7S3. The number of sulfonamides is 3. The minimum atomic E-state index is -4.15. The van der Waals surface area contributed by atoms with E-state index in [-0.39, 0.29) is 33.5 Å². The first kappa shape index (κ1) is 29.4. The fourth-order valence-corrected chi connectivity index (χ4v) is 9.51. The predicted octanol–water partition coefficient (Wildman–Crippen LogP) is 2.17. The van der Waals surface area contributed by atoms with Crippen molar-refractivity contribution in [2.45, 2.75) is 33.6 Å². The lowest BCUT2D eigenvalue weighted by Crippen LogP contribution is -2.60. The Kier molecular flexibility index (Phi) is 8.32. The predicted molar refractivity (Wildman–Crippen MR) is 152 cm³/mol. The zero-order chi connectivity index (χ0) is 29.3. The van der Waals surface area contributed by atoms with Gasteiger partial charge in [-0.3, -0.25) is 4.79 Å². The molecule has 0 spiro atoms. The zero-order valence-electron chi connectivity index (χ0n) is 22.0. The summed E-state index contributed by atoms with van der Waals surface area (Å²) in [5.74, 6) is -0.743. The lowest BCUT2D eigenvalue weighted by atomic mass is 10.2. The van der Waals surface area contributed by atoms with Crippen LogP contribution < -0.4 is 5.32 Å². The third-order valence-corrected chi connectivity index (χ3v) is 12.9. The van der Waals surface area contributed by atoms with E-state index in [2.05, 4.69) is 5.32 Å². The van der Waals surface area contributed by atoms with Gasteiger partial charge in [0.1, 0.15) is 6.04 Å². The van der Waals surface area contributed by atoms with E-state index < -0.39 is 48.6 Å². The molecular weight excluding hydrogens is 589 g/mol. The Bertz CT molecular complexity index is 1710. The van der Waals surface area contributed by atoms with Crippen LogP contribution in [0.4, 0.5) is 5.69 Å². The van der Waals surface area contributed by atoms with Gasteiger partial charge in [0.25, 0.3) is 0 Å². The summed E-state index contributed by atoms with van der Waals surface area (Å²) in [6, 6.07) is 19.6. The van der Waals surface area contributed by atoms with Gasteiger partial charge in [-0.2, -0.15) is 12.9 Å². The zero-order valence-corrected chi connectivity index (χ0v) is 24.5. The maximum absolute atomic E-state index is 13.6. The number of nitrogens with one attached hydrogen (secondary N) is 1. The van der Waals surface area contributed by atoms with E-state index in [1.807, 2.05) is 0 Å². The number of hydrogen-bond acceptors (Lipinski definition) is 7. The summed E-state index contributed by atoms with van der Waals surface area (Å²) in [7, 11) is -11.8. The number of nitrogens with zero attached hydrogens (tertiary/aromatic N) is 3. The molecule has 0 aromatic heterocycles. The fraction of sp³-hybridized carbons (Fsp3) is 0.296. The highest BCUT2D eigenvalue weighted by atomic mass is 32.2. The van der Waals surface area contributed by atoms with Gasteiger partial charge in [-0.1, -0.05) is 36.4 Å². The van der Waals surface area contributed by atoms with Gasteiger partial charge in [0, 0.05) is 38.4 Å². The minimum absolute atomic E-state index is 0.0198. The van der Waals surface area contributed by atoms with Gasteiger partial charge in [0.15, 0.2) is 0 Å². The SMILES string of the molecule is O=C(Nc1ccc(S(=O)(=O)N2CCCC2)cc1)[C@H]1CN(S(=O)(=O)c2ccccc2)CCN1S(=O)(=O)c1ccccc1. The average molecular weight is 619 g/mol. The first-order chi connectivity index (χ1) is 19.5. The Morgan fingerprint density at radius 2 is 1.07 bits per heavy atom. The Balaban J connectivity index is 1.42. The summed E-state index contributed by atoms with van der Waals surface area (Å²) >= 11 is 0. The normalized spacial score (nSPS) is 19.7. The summed E-state index contributed by atoms with van der Waals surface area (Å²) in [5, 5.41) is 2.65. The molecule has 0 aliphatic carbocycles. The number of carbonyl (C=O) groups excluding carboxylic acids is 1. The van der Waals surface area contributed by atoms with Crippen molar-refractivity contribution in [2.75, 3.05) is 38.0 Å². The van der Waals surface area contributed by atoms with Crippen molar-refractivity contribution in [2.24, 2.45) is 0 Å². The lowest BCUT2D eigenvalue weighted by molar-refractivity contribution is -0.120. The Morgan fingerprint density at radius 1 is 0.585 bits per heavy atom. The largest absolute Gasteiger partial charge is 0.325 e. The molecule has 3 aromatic carbocycles. The quantitative estimate of drug-likeness (QED) is 0.408. The van der Waals surface area contributed by atoms with E-state index in [1.165, 1.54) is 52.8 Å². The molecule has 218 valence electrons. The topological polar surface area (TPSA) is 141 Å². The molecule has 2 aliphatic rings. The molecule has 2 saturated heterocycles. The summed E-state index contributed by atoms with van der Waals surface area (Å²) in [6.07, 6.45) is 1.60. The Labute approximate surface area is 240 Å². The third-order valence-electron chi connectivity index (χ3n) is 7.15. The molecule has 11 nitrogen and oxygen atoms in total. The van der Waals surface area contributed by atoms with E-state index in [9.17, 15) is 30.0 Å². The van der Waals surface area contributed by atoms with Crippen LogP contribution >= 0.6 is 0 Å².